The standard InChI is InChI=1S/C12H9NO2/c14-12-9-5-3-7-13-11(9)8-4-1-2-6-10(8)15-12/h1-6,13H,7H2. The zero-order valence-electron chi connectivity index (χ0n) is 7.99. The topological polar surface area (TPSA) is 42.2 Å². The van der Waals surface area contributed by atoms with E-state index in [1.165, 1.54) is 0 Å². The van der Waals surface area contributed by atoms with Crippen LogP contribution in [-0.2, 0) is 0 Å². The van der Waals surface area contributed by atoms with Gasteiger partial charge in [-0.25, -0.2) is 4.79 Å². The first-order valence-corrected chi connectivity index (χ1v) is 4.82. The molecule has 1 N–H and O–H groups in total. The molecule has 0 aliphatic carbocycles. The highest BCUT2D eigenvalue weighted by atomic mass is 16.4. The summed E-state index contributed by atoms with van der Waals surface area (Å²) < 4.78 is 5.21. The average molecular weight is 199 g/mol. The number of fused-ring (bicyclic) bond motifs is 3. The molecule has 15 heavy (non-hydrogen) atoms. The molecule has 3 rings (SSSR count). The molecule has 3 heteroatoms. The van der Waals surface area contributed by atoms with E-state index in [0.717, 1.165) is 17.6 Å². The van der Waals surface area contributed by atoms with Crippen LogP contribution in [0.4, 0.5) is 5.69 Å². The lowest BCUT2D eigenvalue weighted by Gasteiger charge is -2.13. The Labute approximate surface area is 86.0 Å². The third-order valence-corrected chi connectivity index (χ3v) is 2.53. The molecule has 2 aromatic rings. The number of hydrogen-bond donors (Lipinski definition) is 1. The summed E-state index contributed by atoms with van der Waals surface area (Å²) in [6.07, 6.45) is 3.72. The van der Waals surface area contributed by atoms with Gasteiger partial charge in [0, 0.05) is 11.9 Å². The highest BCUT2D eigenvalue weighted by molar-refractivity contribution is 5.94. The van der Waals surface area contributed by atoms with Crippen LogP contribution >= 0.6 is 0 Å². The third kappa shape index (κ3) is 1.16. The normalized spacial score (nSPS) is 13.6. The van der Waals surface area contributed by atoms with Crippen LogP contribution < -0.4 is 10.9 Å². The highest BCUT2D eigenvalue weighted by Gasteiger charge is 2.13. The van der Waals surface area contributed by atoms with E-state index in [9.17, 15) is 4.79 Å². The summed E-state index contributed by atoms with van der Waals surface area (Å²) in [4.78, 5) is 11.6. The molecule has 1 aromatic heterocycles. The Morgan fingerprint density at radius 1 is 1.27 bits per heavy atom. The smallest absolute Gasteiger partial charge is 0.345 e. The molecule has 0 unspecified atom stereocenters. The third-order valence-electron chi connectivity index (χ3n) is 2.53. The minimum Gasteiger partial charge on any atom is -0.422 e. The van der Waals surface area contributed by atoms with E-state index < -0.39 is 0 Å². The zero-order chi connectivity index (χ0) is 10.3. The van der Waals surface area contributed by atoms with Gasteiger partial charge >= 0.3 is 5.63 Å². The Kier molecular flexibility index (Phi) is 1.65. The van der Waals surface area contributed by atoms with Crippen molar-refractivity contribution in [3.8, 4) is 0 Å². The summed E-state index contributed by atoms with van der Waals surface area (Å²) >= 11 is 0. The number of nitrogens with one attached hydrogen (secondary N) is 1. The quantitative estimate of drug-likeness (QED) is 0.661. The van der Waals surface area contributed by atoms with E-state index in [0.29, 0.717) is 11.1 Å². The van der Waals surface area contributed by atoms with Crippen molar-refractivity contribution >= 4 is 22.7 Å². The van der Waals surface area contributed by atoms with Crippen molar-refractivity contribution in [2.24, 2.45) is 0 Å². The van der Waals surface area contributed by atoms with E-state index in [4.69, 9.17) is 4.42 Å². The summed E-state index contributed by atoms with van der Waals surface area (Å²) in [5.41, 5.74) is 1.83. The molecule has 0 bridgehead atoms. The fourth-order valence-corrected chi connectivity index (χ4v) is 1.84. The second-order valence-corrected chi connectivity index (χ2v) is 3.46. The summed E-state index contributed by atoms with van der Waals surface area (Å²) in [6, 6.07) is 7.54. The molecule has 1 aliphatic rings. The van der Waals surface area contributed by atoms with E-state index in [-0.39, 0.29) is 5.63 Å². The minimum absolute atomic E-state index is 0.285. The van der Waals surface area contributed by atoms with Gasteiger partial charge in [-0.2, -0.15) is 0 Å². The fraction of sp³-hybridized carbons (Fsp3) is 0.0833. The van der Waals surface area contributed by atoms with Crippen LogP contribution in [0.5, 0.6) is 0 Å². The van der Waals surface area contributed by atoms with Gasteiger partial charge in [0.05, 0.1) is 11.3 Å². The monoisotopic (exact) mass is 199 g/mol. The van der Waals surface area contributed by atoms with Gasteiger partial charge in [-0.3, -0.25) is 0 Å². The SMILES string of the molecule is O=c1oc2ccccc2c2c1C=CCN2. The van der Waals surface area contributed by atoms with Crippen molar-refractivity contribution in [3.63, 3.8) is 0 Å². The zero-order valence-corrected chi connectivity index (χ0v) is 7.99. The van der Waals surface area contributed by atoms with Crippen molar-refractivity contribution in [2.45, 2.75) is 0 Å². The molecule has 0 saturated heterocycles. The van der Waals surface area contributed by atoms with Gasteiger partial charge in [-0.1, -0.05) is 18.2 Å². The summed E-state index contributed by atoms with van der Waals surface area (Å²) in [6.45, 7) is 0.750. The van der Waals surface area contributed by atoms with Crippen LogP contribution in [0.3, 0.4) is 0 Å². The van der Waals surface area contributed by atoms with Crippen LogP contribution in [0, 0.1) is 0 Å². The van der Waals surface area contributed by atoms with Gasteiger partial charge in [0.25, 0.3) is 0 Å². The molecule has 0 amide bonds. The van der Waals surface area contributed by atoms with Gasteiger partial charge < -0.3 is 9.73 Å². The summed E-state index contributed by atoms with van der Waals surface area (Å²) in [5.74, 6) is 0. The van der Waals surface area contributed by atoms with E-state index in [2.05, 4.69) is 5.32 Å². The second kappa shape index (κ2) is 2.98. The Morgan fingerprint density at radius 3 is 3.07 bits per heavy atom. The van der Waals surface area contributed by atoms with E-state index >= 15 is 0 Å². The molecule has 0 atom stereocenters. The lowest BCUT2D eigenvalue weighted by Crippen LogP contribution is -2.13. The second-order valence-electron chi connectivity index (χ2n) is 3.46. The van der Waals surface area contributed by atoms with Crippen LogP contribution in [0.1, 0.15) is 5.56 Å². The lowest BCUT2D eigenvalue weighted by atomic mass is 10.1. The molecule has 2 heterocycles. The Hall–Kier alpha value is -2.03. The maximum Gasteiger partial charge on any atom is 0.345 e. The summed E-state index contributed by atoms with van der Waals surface area (Å²) in [5, 5.41) is 4.15. The Bertz CT molecular complexity index is 611. The molecule has 0 radical (unpaired) electrons. The van der Waals surface area contributed by atoms with Crippen LogP contribution in [-0.4, -0.2) is 6.54 Å². The molecule has 0 saturated carbocycles. The molecule has 0 fully saturated rings. The van der Waals surface area contributed by atoms with Gasteiger partial charge in [-0.05, 0) is 18.2 Å². The van der Waals surface area contributed by atoms with E-state index in [1.54, 1.807) is 6.07 Å². The Balaban J connectivity index is 2.51. The van der Waals surface area contributed by atoms with E-state index in [1.807, 2.05) is 30.4 Å². The number of anilines is 1. The maximum absolute atomic E-state index is 11.6. The molecule has 1 aliphatic heterocycles. The predicted molar refractivity (Wildman–Crippen MR) is 60.0 cm³/mol. The van der Waals surface area contributed by atoms with Gasteiger partial charge in [0.2, 0.25) is 0 Å². The van der Waals surface area contributed by atoms with Crippen LogP contribution in [0.2, 0.25) is 0 Å². The van der Waals surface area contributed by atoms with Crippen molar-refractivity contribution in [1.82, 2.24) is 0 Å². The number of rotatable bonds is 0. The van der Waals surface area contributed by atoms with Crippen molar-refractivity contribution in [3.05, 3.63) is 46.3 Å². The molecular weight excluding hydrogens is 190 g/mol. The highest BCUT2D eigenvalue weighted by Crippen LogP contribution is 2.27. The van der Waals surface area contributed by atoms with Gasteiger partial charge in [-0.15, -0.1) is 0 Å². The van der Waals surface area contributed by atoms with Crippen molar-refractivity contribution in [2.75, 3.05) is 11.9 Å². The summed E-state index contributed by atoms with van der Waals surface area (Å²) in [7, 11) is 0. The predicted octanol–water partition coefficient (Wildman–Crippen LogP) is 2.23. The molecule has 3 nitrogen and oxygen atoms in total. The molecule has 1 aromatic carbocycles. The first-order chi connectivity index (χ1) is 7.36. The first kappa shape index (κ1) is 8.29. The van der Waals surface area contributed by atoms with Crippen LogP contribution in [0.25, 0.3) is 17.0 Å². The maximum atomic E-state index is 11.6. The van der Waals surface area contributed by atoms with Gasteiger partial charge in [0.1, 0.15) is 5.58 Å². The number of para-hydroxylation sites is 1. The lowest BCUT2D eigenvalue weighted by molar-refractivity contribution is 0.559. The van der Waals surface area contributed by atoms with Crippen LogP contribution in [0.15, 0.2) is 39.6 Å². The average Bonchev–Trinajstić information content (AvgIpc) is 2.30. The minimum atomic E-state index is -0.285. The molecule has 0 spiro atoms. The largest absolute Gasteiger partial charge is 0.422 e. The number of benzene rings is 1. The first-order valence-electron chi connectivity index (χ1n) is 4.82. The molecule has 74 valence electrons. The molecular formula is C12H9NO2. The fourth-order valence-electron chi connectivity index (χ4n) is 1.84. The Morgan fingerprint density at radius 2 is 2.13 bits per heavy atom. The number of hydrogen-bond acceptors (Lipinski definition) is 3. The van der Waals surface area contributed by atoms with Crippen molar-refractivity contribution < 1.29 is 4.42 Å². The van der Waals surface area contributed by atoms with Gasteiger partial charge in [0.15, 0.2) is 0 Å². The van der Waals surface area contributed by atoms with Crippen molar-refractivity contribution in [1.29, 1.82) is 0 Å².